The van der Waals surface area contributed by atoms with Gasteiger partial charge in [-0.2, -0.15) is 0 Å². The van der Waals surface area contributed by atoms with Gasteiger partial charge in [0.2, 0.25) is 0 Å². The van der Waals surface area contributed by atoms with Crippen molar-refractivity contribution in [3.63, 3.8) is 0 Å². The Morgan fingerprint density at radius 3 is 2.15 bits per heavy atom. The van der Waals surface area contributed by atoms with E-state index in [1.165, 1.54) is 4.31 Å². The van der Waals surface area contributed by atoms with Crippen LogP contribution in [0.25, 0.3) is 0 Å². The van der Waals surface area contributed by atoms with E-state index < -0.39 is 10.0 Å². The van der Waals surface area contributed by atoms with Gasteiger partial charge in [-0.3, -0.25) is 9.29 Å². The molecule has 4 nitrogen and oxygen atoms in total. The summed E-state index contributed by atoms with van der Waals surface area (Å²) in [6.45, 7) is 5.58. The number of hydrogen-bond acceptors (Lipinski definition) is 3. The summed E-state index contributed by atoms with van der Waals surface area (Å²) < 4.78 is 26.5. The minimum Gasteiger partial charge on any atom is -0.269 e. The minimum absolute atomic E-state index is 0.298. The summed E-state index contributed by atoms with van der Waals surface area (Å²) in [5, 5.41) is 0. The quantitative estimate of drug-likeness (QED) is 0.873. The van der Waals surface area contributed by atoms with E-state index in [1.54, 1.807) is 37.4 Å². The Kier molecular flexibility index (Phi) is 3.81. The number of rotatable bonds is 3. The second kappa shape index (κ2) is 5.25. The summed E-state index contributed by atoms with van der Waals surface area (Å²) in [4.78, 5) is 4.56. The molecular formula is C15H18N2O2S. The molecule has 1 aromatic heterocycles. The predicted molar refractivity (Wildman–Crippen MR) is 80.5 cm³/mol. The molecule has 0 fully saturated rings. The highest BCUT2D eigenvalue weighted by atomic mass is 32.2. The molecule has 0 bridgehead atoms. The van der Waals surface area contributed by atoms with Crippen LogP contribution >= 0.6 is 0 Å². The second-order valence-electron chi connectivity index (χ2n) is 4.90. The maximum absolute atomic E-state index is 12.6. The number of anilines is 1. The van der Waals surface area contributed by atoms with E-state index in [9.17, 15) is 8.42 Å². The number of benzene rings is 1. The first kappa shape index (κ1) is 14.5. The van der Waals surface area contributed by atoms with Gasteiger partial charge in [-0.05, 0) is 50.6 Å². The summed E-state index contributed by atoms with van der Waals surface area (Å²) in [5.41, 5.74) is 3.13. The number of hydrogen-bond donors (Lipinski definition) is 0. The fourth-order valence-corrected chi connectivity index (χ4v) is 3.35. The third kappa shape index (κ3) is 2.82. The molecule has 2 rings (SSSR count). The van der Waals surface area contributed by atoms with Gasteiger partial charge in [-0.25, -0.2) is 8.42 Å². The average Bonchev–Trinajstić information content (AvgIpc) is 2.36. The van der Waals surface area contributed by atoms with Gasteiger partial charge in [0.05, 0.1) is 10.6 Å². The Morgan fingerprint density at radius 2 is 1.60 bits per heavy atom. The number of aromatic nitrogens is 1. The largest absolute Gasteiger partial charge is 0.269 e. The van der Waals surface area contributed by atoms with Crippen LogP contribution in [0.2, 0.25) is 0 Å². The Balaban J connectivity index is 2.48. The lowest BCUT2D eigenvalue weighted by Crippen LogP contribution is -2.26. The maximum Gasteiger partial charge on any atom is 0.264 e. The zero-order valence-corrected chi connectivity index (χ0v) is 12.9. The van der Waals surface area contributed by atoms with Crippen molar-refractivity contribution in [2.75, 3.05) is 11.4 Å². The molecule has 0 spiro atoms. The molecule has 0 atom stereocenters. The topological polar surface area (TPSA) is 50.3 Å². The molecule has 0 radical (unpaired) electrons. The summed E-state index contributed by atoms with van der Waals surface area (Å²) in [7, 11) is -1.98. The Bertz CT molecular complexity index is 719. The van der Waals surface area contributed by atoms with E-state index >= 15 is 0 Å². The smallest absolute Gasteiger partial charge is 0.264 e. The monoisotopic (exact) mass is 290 g/mol. The normalized spacial score (nSPS) is 11.4. The maximum atomic E-state index is 12.6. The van der Waals surface area contributed by atoms with Crippen LogP contribution in [0.3, 0.4) is 0 Å². The van der Waals surface area contributed by atoms with Crippen LogP contribution in [0.5, 0.6) is 0 Å². The Hall–Kier alpha value is -1.88. The van der Waals surface area contributed by atoms with Crippen molar-refractivity contribution in [2.24, 2.45) is 0 Å². The van der Waals surface area contributed by atoms with Crippen LogP contribution in [0.4, 0.5) is 5.69 Å². The van der Waals surface area contributed by atoms with Crippen molar-refractivity contribution >= 4 is 15.7 Å². The van der Waals surface area contributed by atoms with Gasteiger partial charge in [-0.15, -0.1) is 0 Å². The Morgan fingerprint density at radius 1 is 1.00 bits per heavy atom. The highest BCUT2D eigenvalue weighted by Gasteiger charge is 2.21. The lowest BCUT2D eigenvalue weighted by molar-refractivity contribution is 0.594. The molecule has 0 N–H and O–H groups in total. The molecule has 0 unspecified atom stereocenters. The van der Waals surface area contributed by atoms with Gasteiger partial charge in [0.25, 0.3) is 10.0 Å². The van der Waals surface area contributed by atoms with E-state index in [2.05, 4.69) is 4.98 Å². The zero-order chi connectivity index (χ0) is 14.9. The molecule has 0 amide bonds. The summed E-state index contributed by atoms with van der Waals surface area (Å²) in [5.74, 6) is 0. The van der Waals surface area contributed by atoms with E-state index in [-0.39, 0.29) is 0 Å². The van der Waals surface area contributed by atoms with Crippen molar-refractivity contribution in [3.05, 3.63) is 53.3 Å². The summed E-state index contributed by atoms with van der Waals surface area (Å²) in [6.07, 6.45) is 0. The Labute approximate surface area is 120 Å². The lowest BCUT2D eigenvalue weighted by atomic mass is 10.2. The fraction of sp³-hybridized carbons (Fsp3) is 0.267. The molecule has 0 saturated heterocycles. The van der Waals surface area contributed by atoms with Crippen LogP contribution in [0.1, 0.15) is 17.0 Å². The van der Waals surface area contributed by atoms with Gasteiger partial charge >= 0.3 is 0 Å². The minimum atomic E-state index is -3.54. The molecule has 0 aliphatic rings. The molecule has 0 aliphatic heterocycles. The van der Waals surface area contributed by atoms with Crippen molar-refractivity contribution in [3.8, 4) is 0 Å². The molecule has 1 aromatic carbocycles. The molecule has 20 heavy (non-hydrogen) atoms. The molecule has 0 aliphatic carbocycles. The highest BCUT2D eigenvalue weighted by Crippen LogP contribution is 2.23. The first-order valence-electron chi connectivity index (χ1n) is 6.31. The zero-order valence-electron chi connectivity index (χ0n) is 12.1. The lowest BCUT2D eigenvalue weighted by Gasteiger charge is -2.20. The van der Waals surface area contributed by atoms with Crippen molar-refractivity contribution < 1.29 is 8.42 Å². The van der Waals surface area contributed by atoms with Gasteiger partial charge in [-0.1, -0.05) is 12.1 Å². The van der Waals surface area contributed by atoms with Gasteiger partial charge in [0.15, 0.2) is 0 Å². The SMILES string of the molecule is Cc1cccc(S(=O)(=O)N(C)c2cc(C)nc(C)c2)c1. The van der Waals surface area contributed by atoms with Crippen LogP contribution in [-0.4, -0.2) is 20.4 Å². The third-order valence-electron chi connectivity index (χ3n) is 3.08. The van der Waals surface area contributed by atoms with Gasteiger partial charge < -0.3 is 0 Å². The predicted octanol–water partition coefficient (Wildman–Crippen LogP) is 2.83. The van der Waals surface area contributed by atoms with Crippen LogP contribution in [0.15, 0.2) is 41.3 Å². The fourth-order valence-electron chi connectivity index (χ4n) is 2.07. The second-order valence-corrected chi connectivity index (χ2v) is 6.87. The van der Waals surface area contributed by atoms with E-state index in [0.29, 0.717) is 10.6 Å². The number of aryl methyl sites for hydroxylation is 3. The number of sulfonamides is 1. The van der Waals surface area contributed by atoms with E-state index in [0.717, 1.165) is 17.0 Å². The average molecular weight is 290 g/mol. The number of nitrogens with zero attached hydrogens (tertiary/aromatic N) is 2. The van der Waals surface area contributed by atoms with Crippen molar-refractivity contribution in [1.82, 2.24) is 4.98 Å². The van der Waals surface area contributed by atoms with Crippen LogP contribution in [-0.2, 0) is 10.0 Å². The van der Waals surface area contributed by atoms with E-state index in [1.807, 2.05) is 26.8 Å². The van der Waals surface area contributed by atoms with Gasteiger partial charge in [0, 0.05) is 18.4 Å². The molecule has 2 aromatic rings. The van der Waals surface area contributed by atoms with Gasteiger partial charge in [0.1, 0.15) is 0 Å². The summed E-state index contributed by atoms with van der Waals surface area (Å²) in [6, 6.07) is 10.4. The molecule has 1 heterocycles. The standard InChI is InChI=1S/C15H18N2O2S/c1-11-6-5-7-15(8-11)20(18,19)17(4)14-9-12(2)16-13(3)10-14/h5-10H,1-4H3. The first-order chi connectivity index (χ1) is 9.30. The molecule has 5 heteroatoms. The molecular weight excluding hydrogens is 272 g/mol. The molecule has 0 saturated carbocycles. The van der Waals surface area contributed by atoms with Crippen LogP contribution in [0, 0.1) is 20.8 Å². The summed E-state index contributed by atoms with van der Waals surface area (Å²) >= 11 is 0. The first-order valence-corrected chi connectivity index (χ1v) is 7.75. The highest BCUT2D eigenvalue weighted by molar-refractivity contribution is 7.92. The van der Waals surface area contributed by atoms with Crippen molar-refractivity contribution in [1.29, 1.82) is 0 Å². The van der Waals surface area contributed by atoms with Crippen molar-refractivity contribution in [2.45, 2.75) is 25.7 Å². The number of pyridine rings is 1. The molecule has 106 valence electrons. The van der Waals surface area contributed by atoms with Crippen LogP contribution < -0.4 is 4.31 Å². The third-order valence-corrected chi connectivity index (χ3v) is 4.86. The van der Waals surface area contributed by atoms with E-state index in [4.69, 9.17) is 0 Å².